The molecule has 0 saturated heterocycles. The van der Waals surface area contributed by atoms with Gasteiger partial charge in [-0.3, -0.25) is 4.79 Å². The van der Waals surface area contributed by atoms with E-state index in [1.807, 2.05) is 18.3 Å². The summed E-state index contributed by atoms with van der Waals surface area (Å²) in [5.74, 6) is 0. The van der Waals surface area contributed by atoms with Gasteiger partial charge in [0.2, 0.25) is 0 Å². The van der Waals surface area contributed by atoms with E-state index in [4.69, 9.17) is 0 Å². The Morgan fingerprint density at radius 3 is 2.64 bits per heavy atom. The lowest BCUT2D eigenvalue weighted by atomic mass is 10.3. The molecular formula is C18H16N4O2S. The Labute approximate surface area is 147 Å². The molecule has 0 fully saturated rings. The molecule has 126 valence electrons. The summed E-state index contributed by atoms with van der Waals surface area (Å²) in [6.07, 6.45) is 10.2. The maximum absolute atomic E-state index is 10.5. The van der Waals surface area contributed by atoms with Crippen LogP contribution in [0.4, 0.5) is 0 Å². The maximum Gasteiger partial charge on any atom is 0.288 e. The Kier molecular flexibility index (Phi) is 7.67. The zero-order valence-corrected chi connectivity index (χ0v) is 14.0. The minimum absolute atomic E-state index is 0.310. The highest BCUT2D eigenvalue weighted by Gasteiger charge is 1.86. The Morgan fingerprint density at radius 2 is 1.76 bits per heavy atom. The van der Waals surface area contributed by atoms with Crippen molar-refractivity contribution < 1.29 is 4.21 Å². The number of nitrogens with one attached hydrogen (secondary N) is 1. The van der Waals surface area contributed by atoms with Gasteiger partial charge in [0.25, 0.3) is 5.56 Å². The zero-order valence-electron chi connectivity index (χ0n) is 13.2. The number of aromatic nitrogens is 3. The van der Waals surface area contributed by atoms with E-state index >= 15 is 0 Å². The second kappa shape index (κ2) is 10.6. The van der Waals surface area contributed by atoms with Gasteiger partial charge >= 0.3 is 0 Å². The number of fused-ring (bicyclic) bond motifs is 1. The Hall–Kier alpha value is -3.19. The van der Waals surface area contributed by atoms with E-state index in [1.165, 1.54) is 34.8 Å². The van der Waals surface area contributed by atoms with Crippen LogP contribution in [0, 0.1) is 0 Å². The van der Waals surface area contributed by atoms with Crippen molar-refractivity contribution in [1.29, 1.82) is 0 Å². The van der Waals surface area contributed by atoms with E-state index in [0.29, 0.717) is 0 Å². The third-order valence-electron chi connectivity index (χ3n) is 2.79. The second-order valence-corrected chi connectivity index (χ2v) is 5.60. The number of benzene rings is 1. The summed E-state index contributed by atoms with van der Waals surface area (Å²) >= 11 is 0. The molecule has 0 aliphatic carbocycles. The summed E-state index contributed by atoms with van der Waals surface area (Å²) < 4.78 is 14.1. The number of hydrogen-bond acceptors (Lipinski definition) is 4. The van der Waals surface area contributed by atoms with Crippen LogP contribution < -0.4 is 5.56 Å². The maximum atomic E-state index is 10.5. The van der Waals surface area contributed by atoms with E-state index in [-0.39, 0.29) is 5.56 Å². The largest absolute Gasteiger partial charge is 0.361 e. The topological polar surface area (TPSA) is 88.1 Å². The molecular weight excluding hydrogens is 336 g/mol. The summed E-state index contributed by atoms with van der Waals surface area (Å²) in [7, 11) is -1.13. The van der Waals surface area contributed by atoms with Crippen molar-refractivity contribution in [3.63, 3.8) is 0 Å². The molecule has 1 N–H and O–H groups in total. The van der Waals surface area contributed by atoms with Gasteiger partial charge in [0.15, 0.2) is 11.0 Å². The van der Waals surface area contributed by atoms with Gasteiger partial charge in [0.1, 0.15) is 0 Å². The van der Waals surface area contributed by atoms with Crippen molar-refractivity contribution in [2.45, 2.75) is 0 Å². The zero-order chi connectivity index (χ0) is 17.7. The van der Waals surface area contributed by atoms with Crippen LogP contribution in [0.25, 0.3) is 10.9 Å². The van der Waals surface area contributed by atoms with E-state index in [2.05, 4.69) is 37.8 Å². The van der Waals surface area contributed by atoms with Crippen molar-refractivity contribution in [1.82, 2.24) is 15.2 Å². The second-order valence-electron chi connectivity index (χ2n) is 4.56. The molecule has 0 amide bonds. The van der Waals surface area contributed by atoms with Gasteiger partial charge in [-0.25, -0.2) is 4.21 Å². The quantitative estimate of drug-likeness (QED) is 0.674. The molecule has 1 unspecified atom stereocenters. The van der Waals surface area contributed by atoms with Crippen molar-refractivity contribution in [3.8, 4) is 0 Å². The summed E-state index contributed by atoms with van der Waals surface area (Å²) in [6, 6.07) is 14.9. The minimum Gasteiger partial charge on any atom is -0.361 e. The molecule has 4 rings (SSSR count). The summed E-state index contributed by atoms with van der Waals surface area (Å²) in [5, 5.41) is 9.42. The predicted octanol–water partition coefficient (Wildman–Crippen LogP) is 2.81. The fourth-order valence-corrected chi connectivity index (χ4v) is 2.19. The van der Waals surface area contributed by atoms with E-state index in [9.17, 15) is 9.00 Å². The number of rotatable bonds is 0. The predicted molar refractivity (Wildman–Crippen MR) is 102 cm³/mol. The molecule has 0 radical (unpaired) electrons. The Morgan fingerprint density at radius 1 is 0.920 bits per heavy atom. The lowest BCUT2D eigenvalue weighted by Gasteiger charge is -1.83. The Balaban J connectivity index is 0.000000136. The van der Waals surface area contributed by atoms with Crippen LogP contribution in [0.1, 0.15) is 0 Å². The van der Waals surface area contributed by atoms with E-state index in [0.717, 1.165) is 0 Å². The van der Waals surface area contributed by atoms with Crippen molar-refractivity contribution in [2.75, 3.05) is 0 Å². The molecule has 7 heteroatoms. The standard InChI is InChI=1S/C8H7N.C5H4N2O.C5H5NOS/c1-2-4-8-7(3-1)5-6-9-8;8-5-3-1-2-4-6-7-5;7-8-5-3-1-2-4-6-8/h1-6,9H;1-4H;1-5H. The molecule has 0 spiro atoms. The molecule has 1 atom stereocenters. The van der Waals surface area contributed by atoms with Crippen LogP contribution >= 0.6 is 0 Å². The fraction of sp³-hybridized carbons (Fsp3) is 0. The van der Waals surface area contributed by atoms with Crippen LogP contribution in [0.5, 0.6) is 0 Å². The highest BCUT2D eigenvalue weighted by atomic mass is 32.2. The molecule has 1 aromatic carbocycles. The number of aromatic amines is 1. The van der Waals surface area contributed by atoms with Crippen LogP contribution in [-0.2, 0) is 11.0 Å². The molecule has 2 aromatic heterocycles. The molecule has 25 heavy (non-hydrogen) atoms. The average molecular weight is 352 g/mol. The normalized spacial score (nSPS) is 14.6. The number of H-pyrrole nitrogens is 1. The monoisotopic (exact) mass is 352 g/mol. The highest BCUT2D eigenvalue weighted by molar-refractivity contribution is 7.86. The summed E-state index contributed by atoms with van der Waals surface area (Å²) in [4.78, 5) is 13.4. The van der Waals surface area contributed by atoms with Gasteiger partial charge in [0.05, 0.1) is 0 Å². The lowest BCUT2D eigenvalue weighted by molar-refractivity contribution is 0.690. The summed E-state index contributed by atoms with van der Waals surface area (Å²) in [5.41, 5.74) is 0.896. The van der Waals surface area contributed by atoms with Crippen molar-refractivity contribution >= 4 is 28.1 Å². The van der Waals surface area contributed by atoms with Gasteiger partial charge in [0, 0.05) is 35.6 Å². The van der Waals surface area contributed by atoms with E-state index in [1.54, 1.807) is 30.4 Å². The number of allylic oxidation sites excluding steroid dienone is 3. The molecule has 3 aromatic rings. The van der Waals surface area contributed by atoms with Gasteiger partial charge in [-0.2, -0.15) is 9.50 Å². The average Bonchev–Trinajstić information content (AvgIpc) is 2.79. The molecule has 0 bridgehead atoms. The number of para-hydroxylation sites is 1. The first-order valence-corrected chi connectivity index (χ1v) is 8.51. The first kappa shape index (κ1) is 18.2. The molecule has 6 nitrogen and oxygen atoms in total. The molecule has 0 saturated carbocycles. The van der Waals surface area contributed by atoms with Crippen LogP contribution in [0.2, 0.25) is 0 Å². The Bertz CT molecular complexity index is 894. The minimum atomic E-state index is -1.13. The van der Waals surface area contributed by atoms with Gasteiger partial charge in [-0.1, -0.05) is 36.4 Å². The third-order valence-corrected chi connectivity index (χ3v) is 3.51. The van der Waals surface area contributed by atoms with Gasteiger partial charge < -0.3 is 4.98 Å². The van der Waals surface area contributed by atoms with E-state index < -0.39 is 11.0 Å². The number of hydrogen-bond donors (Lipinski definition) is 1. The molecule has 1 aliphatic rings. The first-order chi connectivity index (χ1) is 12.3. The van der Waals surface area contributed by atoms with Crippen LogP contribution in [0.15, 0.2) is 93.8 Å². The molecule has 1 aliphatic heterocycles. The van der Waals surface area contributed by atoms with Crippen LogP contribution in [-0.4, -0.2) is 25.6 Å². The van der Waals surface area contributed by atoms with Gasteiger partial charge in [-0.05, 0) is 29.7 Å². The SMILES string of the molecule is O=S1C=CC=CC=N1.O=c1ccccnn1.c1ccc2[nH]ccc2c1. The first-order valence-electron chi connectivity index (χ1n) is 7.34. The lowest BCUT2D eigenvalue weighted by Crippen LogP contribution is -1.98. The highest BCUT2D eigenvalue weighted by Crippen LogP contribution is 2.09. The number of nitrogens with zero attached hydrogens (tertiary/aromatic N) is 3. The van der Waals surface area contributed by atoms with Crippen LogP contribution in [0.3, 0.4) is 0 Å². The van der Waals surface area contributed by atoms with Crippen molar-refractivity contribution in [3.05, 3.63) is 94.9 Å². The van der Waals surface area contributed by atoms with Gasteiger partial charge in [-0.15, -0.1) is 5.10 Å². The van der Waals surface area contributed by atoms with Crippen molar-refractivity contribution in [2.24, 2.45) is 4.40 Å². The smallest absolute Gasteiger partial charge is 0.288 e. The molecule has 3 heterocycles. The fourth-order valence-electron chi connectivity index (χ4n) is 1.70. The third kappa shape index (κ3) is 7.28. The summed E-state index contributed by atoms with van der Waals surface area (Å²) in [6.45, 7) is 0.